The van der Waals surface area contributed by atoms with E-state index in [1.54, 1.807) is 26.3 Å². The number of esters is 2. The standard InChI is InChI=1S/2C8H14NO2.H2O4S/c2*1-7(2)8(10)11-6-5-9(3)4;1-5(2,3)4/h2*5H,1,6H2,2-4H3;(H2,1,2,3,4)/q2*+1;/p-2. The summed E-state index contributed by atoms with van der Waals surface area (Å²) >= 11 is 0. The highest BCUT2D eigenvalue weighted by molar-refractivity contribution is 7.79. The molecule has 156 valence electrons. The Kier molecular flexibility index (Phi) is 17.3. The van der Waals surface area contributed by atoms with E-state index < -0.39 is 10.4 Å². The number of carbonyl (C=O) groups excluding carboxylic acids is 2. The normalized spacial score (nSPS) is 9.19. The van der Waals surface area contributed by atoms with Gasteiger partial charge in [0.15, 0.2) is 25.6 Å². The summed E-state index contributed by atoms with van der Waals surface area (Å²) < 4.78 is 47.3. The smallest absolute Gasteiger partial charge is 0.333 e. The van der Waals surface area contributed by atoms with E-state index in [1.165, 1.54) is 0 Å². The number of hydrogen-bond acceptors (Lipinski definition) is 8. The van der Waals surface area contributed by atoms with Crippen molar-refractivity contribution in [2.45, 2.75) is 13.8 Å². The van der Waals surface area contributed by atoms with Crippen LogP contribution < -0.4 is 0 Å². The van der Waals surface area contributed by atoms with Crippen LogP contribution in [0.15, 0.2) is 24.3 Å². The molecule has 0 heterocycles. The maximum absolute atomic E-state index is 10.8. The zero-order valence-electron chi connectivity index (χ0n) is 16.6. The SMILES string of the molecule is C=C(C)C(=O)OCC=[N+](C)C.C=C(C)C(=O)OCC=[N+](C)C.O=S(=O)([O-])[O-]. The van der Waals surface area contributed by atoms with Gasteiger partial charge < -0.3 is 18.6 Å². The first-order valence-electron chi connectivity index (χ1n) is 7.39. The number of hydrogen-bond donors (Lipinski definition) is 0. The minimum atomic E-state index is -5.17. The van der Waals surface area contributed by atoms with E-state index in [1.807, 2.05) is 37.3 Å². The lowest BCUT2D eigenvalue weighted by Crippen LogP contribution is -2.11. The zero-order valence-corrected chi connectivity index (χ0v) is 17.4. The first-order valence-corrected chi connectivity index (χ1v) is 8.72. The Bertz CT molecular complexity index is 619. The Balaban J connectivity index is -0.000000344. The van der Waals surface area contributed by atoms with Crippen LogP contribution in [0.2, 0.25) is 0 Å². The molecule has 0 aromatic rings. The first kappa shape index (κ1) is 29.4. The van der Waals surface area contributed by atoms with Gasteiger partial charge in [0.1, 0.15) is 28.2 Å². The molecule has 0 amide bonds. The van der Waals surface area contributed by atoms with Crippen molar-refractivity contribution in [2.75, 3.05) is 41.4 Å². The van der Waals surface area contributed by atoms with Gasteiger partial charge in [0.25, 0.3) is 0 Å². The average molecular weight is 408 g/mol. The minimum absolute atomic E-state index is 0.304. The van der Waals surface area contributed by atoms with Gasteiger partial charge in [-0.3, -0.25) is 8.42 Å². The second-order valence-electron chi connectivity index (χ2n) is 5.46. The summed E-state index contributed by atoms with van der Waals surface area (Å²) in [6, 6.07) is 0. The Hall–Kier alpha value is -2.37. The summed E-state index contributed by atoms with van der Waals surface area (Å²) in [5.74, 6) is -0.689. The van der Waals surface area contributed by atoms with Crippen LogP contribution in [0.3, 0.4) is 0 Å². The summed E-state index contributed by atoms with van der Waals surface area (Å²) in [6.07, 6.45) is 3.53. The molecule has 0 radical (unpaired) electrons. The van der Waals surface area contributed by atoms with Crippen LogP contribution in [0.5, 0.6) is 0 Å². The van der Waals surface area contributed by atoms with Crippen LogP contribution in [0.25, 0.3) is 0 Å². The molecule has 0 atom stereocenters. The van der Waals surface area contributed by atoms with E-state index in [-0.39, 0.29) is 11.9 Å². The van der Waals surface area contributed by atoms with E-state index in [0.29, 0.717) is 24.4 Å². The maximum atomic E-state index is 10.8. The van der Waals surface area contributed by atoms with Gasteiger partial charge in [-0.2, -0.15) is 0 Å². The molecule has 0 unspecified atom stereocenters. The highest BCUT2D eigenvalue weighted by atomic mass is 32.3. The van der Waals surface area contributed by atoms with E-state index in [0.717, 1.165) is 0 Å². The molecule has 0 N–H and O–H groups in total. The van der Waals surface area contributed by atoms with Gasteiger partial charge in [-0.1, -0.05) is 13.2 Å². The largest absolute Gasteiger partial charge is 0.759 e. The monoisotopic (exact) mass is 408 g/mol. The molecule has 0 saturated carbocycles. The van der Waals surface area contributed by atoms with E-state index in [4.69, 9.17) is 27.0 Å². The molecule has 0 aliphatic heterocycles. The summed E-state index contributed by atoms with van der Waals surface area (Å²) in [4.78, 5) is 21.5. The highest BCUT2D eigenvalue weighted by Gasteiger charge is 2.01. The van der Waals surface area contributed by atoms with Gasteiger partial charge in [-0.05, 0) is 13.8 Å². The fraction of sp³-hybridized carbons (Fsp3) is 0.500. The van der Waals surface area contributed by atoms with Crippen LogP contribution in [-0.2, 0) is 29.5 Å². The lowest BCUT2D eigenvalue weighted by molar-refractivity contribution is -0.460. The summed E-state index contributed by atoms with van der Waals surface area (Å²) in [6.45, 7) is 10.8. The zero-order chi connectivity index (χ0) is 22.2. The molecule has 0 rings (SSSR count). The predicted molar refractivity (Wildman–Crippen MR) is 98.4 cm³/mol. The highest BCUT2D eigenvalue weighted by Crippen LogP contribution is 1.90. The molecular formula is C16H28N2O8S. The van der Waals surface area contributed by atoms with Crippen LogP contribution >= 0.6 is 0 Å². The fourth-order valence-corrected chi connectivity index (χ4v) is 0.770. The lowest BCUT2D eigenvalue weighted by atomic mass is 10.4. The second kappa shape index (κ2) is 15.9. The third-order valence-corrected chi connectivity index (χ3v) is 2.01. The number of ether oxygens (including phenoxy) is 2. The number of nitrogens with zero attached hydrogens (tertiary/aromatic N) is 2. The molecule has 0 aromatic carbocycles. The van der Waals surface area contributed by atoms with Crippen molar-refractivity contribution in [1.29, 1.82) is 0 Å². The Morgan fingerprint density at radius 3 is 1.22 bits per heavy atom. The third kappa shape index (κ3) is 35.6. The van der Waals surface area contributed by atoms with Crippen LogP contribution in [0, 0.1) is 0 Å². The van der Waals surface area contributed by atoms with Gasteiger partial charge in [0, 0.05) is 21.5 Å². The summed E-state index contributed by atoms with van der Waals surface area (Å²) in [5.41, 5.74) is 0.856. The van der Waals surface area contributed by atoms with Crippen molar-refractivity contribution in [3.05, 3.63) is 24.3 Å². The van der Waals surface area contributed by atoms with E-state index in [2.05, 4.69) is 13.2 Å². The average Bonchev–Trinajstić information content (AvgIpc) is 2.44. The van der Waals surface area contributed by atoms with E-state index >= 15 is 0 Å². The van der Waals surface area contributed by atoms with Crippen LogP contribution in [0.4, 0.5) is 0 Å². The molecule has 27 heavy (non-hydrogen) atoms. The quantitative estimate of drug-likeness (QED) is 0.144. The molecule has 0 aliphatic rings. The molecule has 0 aliphatic carbocycles. The van der Waals surface area contributed by atoms with Crippen molar-refractivity contribution in [3.63, 3.8) is 0 Å². The van der Waals surface area contributed by atoms with Gasteiger partial charge >= 0.3 is 11.9 Å². The molecular weight excluding hydrogens is 380 g/mol. The van der Waals surface area contributed by atoms with Crippen LogP contribution in [-0.4, -0.2) is 92.4 Å². The summed E-state index contributed by atoms with van der Waals surface area (Å²) in [5, 5.41) is 0. The van der Waals surface area contributed by atoms with Crippen molar-refractivity contribution < 1.29 is 45.7 Å². The van der Waals surface area contributed by atoms with Crippen molar-refractivity contribution in [1.82, 2.24) is 0 Å². The minimum Gasteiger partial charge on any atom is -0.759 e. The molecule has 0 bridgehead atoms. The third-order valence-electron chi connectivity index (χ3n) is 2.01. The van der Waals surface area contributed by atoms with Crippen LogP contribution in [0.1, 0.15) is 13.8 Å². The summed E-state index contributed by atoms with van der Waals surface area (Å²) in [7, 11) is 2.31. The van der Waals surface area contributed by atoms with Crippen molar-refractivity contribution in [2.24, 2.45) is 0 Å². The second-order valence-corrected chi connectivity index (χ2v) is 6.27. The predicted octanol–water partition coefficient (Wildman–Crippen LogP) is -0.441. The first-order chi connectivity index (χ1) is 12.1. The number of carbonyl (C=O) groups is 2. The topological polar surface area (TPSA) is 139 Å². The van der Waals surface area contributed by atoms with E-state index in [9.17, 15) is 9.59 Å². The van der Waals surface area contributed by atoms with Gasteiger partial charge in [0.05, 0.1) is 0 Å². The molecule has 0 spiro atoms. The molecule has 0 saturated heterocycles. The molecule has 0 fully saturated rings. The maximum Gasteiger partial charge on any atom is 0.333 e. The number of rotatable bonds is 6. The Morgan fingerprint density at radius 1 is 0.852 bits per heavy atom. The van der Waals surface area contributed by atoms with Crippen molar-refractivity contribution in [3.8, 4) is 0 Å². The Morgan fingerprint density at radius 2 is 1.07 bits per heavy atom. The van der Waals surface area contributed by atoms with Gasteiger partial charge in [0.2, 0.25) is 0 Å². The molecule has 10 nitrogen and oxygen atoms in total. The lowest BCUT2D eigenvalue weighted by Gasteiger charge is -2.06. The molecule has 11 heteroatoms. The van der Waals surface area contributed by atoms with Gasteiger partial charge in [-0.15, -0.1) is 0 Å². The Labute approximate surface area is 160 Å². The van der Waals surface area contributed by atoms with Crippen molar-refractivity contribution >= 4 is 34.8 Å². The fourth-order valence-electron chi connectivity index (χ4n) is 0.770. The molecule has 0 aromatic heterocycles. The van der Waals surface area contributed by atoms with Gasteiger partial charge in [-0.25, -0.2) is 18.7 Å².